The van der Waals surface area contributed by atoms with E-state index in [0.29, 0.717) is 17.7 Å². The fourth-order valence-corrected chi connectivity index (χ4v) is 2.56. The first kappa shape index (κ1) is 12.8. The molecule has 0 radical (unpaired) electrons. The number of carboxylic acids is 1. The summed E-state index contributed by atoms with van der Waals surface area (Å²) in [5.74, 6) is 0.700. The molecule has 5 nitrogen and oxygen atoms in total. The number of anilines is 1. The lowest BCUT2D eigenvalue weighted by molar-refractivity contribution is 0.0697. The van der Waals surface area contributed by atoms with Crippen molar-refractivity contribution in [2.75, 3.05) is 11.9 Å². The number of carboxylic acid groups (broad SMARTS) is 1. The van der Waals surface area contributed by atoms with Crippen LogP contribution in [0.3, 0.4) is 0 Å². The van der Waals surface area contributed by atoms with Gasteiger partial charge in [0.1, 0.15) is 5.56 Å². The van der Waals surface area contributed by atoms with E-state index in [0.717, 1.165) is 6.54 Å². The quantitative estimate of drug-likeness (QED) is 0.857. The number of nitrogens with one attached hydrogen (secondary N) is 1. The molecule has 1 fully saturated rings. The zero-order chi connectivity index (χ0) is 13.0. The minimum absolute atomic E-state index is 0.188. The standard InChI is InChI=1S/C13H19N3O2/c1-9-4-2-3-5-10(9)8-14-12-11(13(17)18)6-7-15-16-12/h6-7,9-10H,2-5,8H2,1H3,(H,14,16)(H,17,18). The Labute approximate surface area is 107 Å². The third-order valence-corrected chi connectivity index (χ3v) is 3.77. The Balaban J connectivity index is 1.99. The number of carbonyl (C=O) groups is 1. The van der Waals surface area contributed by atoms with Gasteiger partial charge in [-0.15, -0.1) is 5.10 Å². The summed E-state index contributed by atoms with van der Waals surface area (Å²) >= 11 is 0. The molecule has 0 amide bonds. The van der Waals surface area contributed by atoms with E-state index in [9.17, 15) is 4.79 Å². The first-order valence-corrected chi connectivity index (χ1v) is 6.47. The Morgan fingerprint density at radius 2 is 2.28 bits per heavy atom. The van der Waals surface area contributed by atoms with Crippen molar-refractivity contribution in [2.45, 2.75) is 32.6 Å². The van der Waals surface area contributed by atoms with Crippen LogP contribution in [0, 0.1) is 11.8 Å². The van der Waals surface area contributed by atoms with Crippen LogP contribution in [-0.4, -0.2) is 27.8 Å². The normalized spacial score (nSPS) is 23.6. The monoisotopic (exact) mass is 249 g/mol. The average molecular weight is 249 g/mol. The Kier molecular flexibility index (Phi) is 4.12. The molecule has 5 heteroatoms. The molecule has 2 N–H and O–H groups in total. The van der Waals surface area contributed by atoms with E-state index >= 15 is 0 Å². The van der Waals surface area contributed by atoms with Gasteiger partial charge in [0.05, 0.1) is 6.20 Å². The van der Waals surface area contributed by atoms with Crippen LogP contribution >= 0.6 is 0 Å². The Bertz CT molecular complexity index is 422. The highest BCUT2D eigenvalue weighted by Gasteiger charge is 2.21. The molecular formula is C13H19N3O2. The highest BCUT2D eigenvalue weighted by molar-refractivity contribution is 5.92. The minimum Gasteiger partial charge on any atom is -0.478 e. The molecule has 0 saturated heterocycles. The largest absolute Gasteiger partial charge is 0.478 e. The van der Waals surface area contributed by atoms with Crippen LogP contribution in [0.25, 0.3) is 0 Å². The van der Waals surface area contributed by atoms with Crippen molar-refractivity contribution < 1.29 is 9.90 Å². The van der Waals surface area contributed by atoms with Gasteiger partial charge in [-0.1, -0.05) is 26.2 Å². The van der Waals surface area contributed by atoms with Crippen LogP contribution in [0.15, 0.2) is 12.3 Å². The maximum atomic E-state index is 11.0. The van der Waals surface area contributed by atoms with Gasteiger partial charge in [-0.05, 0) is 24.3 Å². The number of aromatic carboxylic acids is 1. The van der Waals surface area contributed by atoms with E-state index in [-0.39, 0.29) is 5.56 Å². The highest BCUT2D eigenvalue weighted by Crippen LogP contribution is 2.29. The SMILES string of the molecule is CC1CCCCC1CNc1nnccc1C(=O)O. The van der Waals surface area contributed by atoms with Crippen molar-refractivity contribution in [3.63, 3.8) is 0 Å². The molecule has 0 aliphatic heterocycles. The van der Waals surface area contributed by atoms with Crippen molar-refractivity contribution in [2.24, 2.45) is 11.8 Å². The summed E-state index contributed by atoms with van der Waals surface area (Å²) in [7, 11) is 0. The molecule has 2 rings (SSSR count). The second-order valence-corrected chi connectivity index (χ2v) is 5.00. The Hall–Kier alpha value is -1.65. The van der Waals surface area contributed by atoms with Crippen molar-refractivity contribution in [3.05, 3.63) is 17.8 Å². The first-order valence-electron chi connectivity index (χ1n) is 6.47. The van der Waals surface area contributed by atoms with Gasteiger partial charge in [0, 0.05) is 6.54 Å². The maximum Gasteiger partial charge on any atom is 0.339 e. The molecular weight excluding hydrogens is 230 g/mol. The summed E-state index contributed by atoms with van der Waals surface area (Å²) < 4.78 is 0. The first-order chi connectivity index (χ1) is 8.68. The predicted molar refractivity (Wildman–Crippen MR) is 68.6 cm³/mol. The third-order valence-electron chi connectivity index (χ3n) is 3.77. The fraction of sp³-hybridized carbons (Fsp3) is 0.615. The topological polar surface area (TPSA) is 75.1 Å². The molecule has 0 bridgehead atoms. The minimum atomic E-state index is -0.968. The van der Waals surface area contributed by atoms with Crippen LogP contribution in [0.5, 0.6) is 0 Å². The molecule has 2 atom stereocenters. The van der Waals surface area contributed by atoms with Crippen molar-refractivity contribution >= 4 is 11.8 Å². The second kappa shape index (κ2) is 5.80. The van der Waals surface area contributed by atoms with Gasteiger partial charge in [-0.2, -0.15) is 5.10 Å². The van der Waals surface area contributed by atoms with Crippen molar-refractivity contribution in [1.82, 2.24) is 10.2 Å². The second-order valence-electron chi connectivity index (χ2n) is 5.00. The summed E-state index contributed by atoms with van der Waals surface area (Å²) in [6, 6.07) is 1.47. The molecule has 0 spiro atoms. The smallest absolute Gasteiger partial charge is 0.339 e. The molecule has 1 heterocycles. The van der Waals surface area contributed by atoms with Crippen LogP contribution in [0.1, 0.15) is 43.0 Å². The van der Waals surface area contributed by atoms with E-state index in [1.165, 1.54) is 37.9 Å². The van der Waals surface area contributed by atoms with Gasteiger partial charge in [-0.3, -0.25) is 0 Å². The molecule has 98 valence electrons. The van der Waals surface area contributed by atoms with E-state index in [1.54, 1.807) is 0 Å². The zero-order valence-corrected chi connectivity index (χ0v) is 10.6. The maximum absolute atomic E-state index is 11.0. The molecule has 1 aliphatic carbocycles. The third kappa shape index (κ3) is 2.97. The van der Waals surface area contributed by atoms with E-state index in [4.69, 9.17) is 5.11 Å². The van der Waals surface area contributed by atoms with Crippen LogP contribution in [0.4, 0.5) is 5.82 Å². The molecule has 1 aliphatic rings. The lowest BCUT2D eigenvalue weighted by Crippen LogP contribution is -2.25. The summed E-state index contributed by atoms with van der Waals surface area (Å²) in [5.41, 5.74) is 0.188. The number of hydrogen-bond donors (Lipinski definition) is 2. The number of rotatable bonds is 4. The Morgan fingerprint density at radius 1 is 1.50 bits per heavy atom. The van der Waals surface area contributed by atoms with Crippen molar-refractivity contribution in [1.29, 1.82) is 0 Å². The molecule has 1 saturated carbocycles. The van der Waals surface area contributed by atoms with Gasteiger partial charge >= 0.3 is 5.97 Å². The van der Waals surface area contributed by atoms with Gasteiger partial charge in [0.25, 0.3) is 0 Å². The van der Waals surface area contributed by atoms with Crippen molar-refractivity contribution in [3.8, 4) is 0 Å². The Morgan fingerprint density at radius 3 is 3.00 bits per heavy atom. The summed E-state index contributed by atoms with van der Waals surface area (Å²) in [5, 5.41) is 19.8. The molecule has 1 aromatic heterocycles. The van der Waals surface area contributed by atoms with E-state index < -0.39 is 5.97 Å². The van der Waals surface area contributed by atoms with Crippen LogP contribution in [0.2, 0.25) is 0 Å². The number of nitrogens with zero attached hydrogens (tertiary/aromatic N) is 2. The molecule has 0 aromatic carbocycles. The summed E-state index contributed by atoms with van der Waals surface area (Å²) in [6.45, 7) is 3.04. The zero-order valence-electron chi connectivity index (χ0n) is 10.6. The van der Waals surface area contributed by atoms with Gasteiger partial charge < -0.3 is 10.4 Å². The number of aromatic nitrogens is 2. The van der Waals surface area contributed by atoms with Gasteiger partial charge in [-0.25, -0.2) is 4.79 Å². The van der Waals surface area contributed by atoms with E-state index in [2.05, 4.69) is 22.4 Å². The van der Waals surface area contributed by atoms with Crippen LogP contribution in [-0.2, 0) is 0 Å². The predicted octanol–water partition coefficient (Wildman–Crippen LogP) is 2.41. The number of hydrogen-bond acceptors (Lipinski definition) is 4. The van der Waals surface area contributed by atoms with Gasteiger partial charge in [0.15, 0.2) is 5.82 Å². The van der Waals surface area contributed by atoms with Gasteiger partial charge in [0.2, 0.25) is 0 Å². The fourth-order valence-electron chi connectivity index (χ4n) is 2.56. The van der Waals surface area contributed by atoms with Crippen LogP contribution < -0.4 is 5.32 Å². The molecule has 18 heavy (non-hydrogen) atoms. The van der Waals surface area contributed by atoms with E-state index in [1.807, 2.05) is 0 Å². The molecule has 1 aromatic rings. The lowest BCUT2D eigenvalue weighted by atomic mass is 9.80. The molecule has 2 unspecified atom stereocenters. The summed E-state index contributed by atoms with van der Waals surface area (Å²) in [6.07, 6.45) is 6.44. The lowest BCUT2D eigenvalue weighted by Gasteiger charge is -2.29. The average Bonchev–Trinajstić information content (AvgIpc) is 2.38. The highest BCUT2D eigenvalue weighted by atomic mass is 16.4. The summed E-state index contributed by atoms with van der Waals surface area (Å²) in [4.78, 5) is 11.0.